The number of hydrogen-bond acceptors (Lipinski definition) is 3. The Morgan fingerprint density at radius 3 is 2.21 bits per heavy atom. The number of fused-ring (bicyclic) bond motifs is 3. The molecule has 7 heteroatoms. The Bertz CT molecular complexity index is 1500. The highest BCUT2D eigenvalue weighted by Crippen LogP contribution is 2.40. The molecule has 0 amide bonds. The molecule has 0 aromatic heterocycles. The number of ether oxygens (including phenoxy) is 1. The monoisotopic (exact) mass is 468 g/mol. The molecule has 0 saturated heterocycles. The molecule has 1 aliphatic rings. The summed E-state index contributed by atoms with van der Waals surface area (Å²) in [5, 5.41) is 1.98. The van der Waals surface area contributed by atoms with Gasteiger partial charge in [-0.15, -0.1) is 0 Å². The Labute approximate surface area is 189 Å². The van der Waals surface area contributed by atoms with Gasteiger partial charge >= 0.3 is 0 Å². The summed E-state index contributed by atoms with van der Waals surface area (Å²) in [7, 11) is -3.27. The lowest BCUT2D eigenvalue weighted by Crippen LogP contribution is -2.17. The molecule has 1 atom stereocenters. The van der Waals surface area contributed by atoms with Crippen molar-refractivity contribution in [2.75, 3.05) is 6.26 Å². The van der Waals surface area contributed by atoms with E-state index in [4.69, 9.17) is 4.74 Å². The maximum Gasteiger partial charge on any atom is 0.175 e. The van der Waals surface area contributed by atoms with Crippen molar-refractivity contribution in [1.82, 2.24) is 0 Å². The van der Waals surface area contributed by atoms with Crippen LogP contribution in [0.3, 0.4) is 0 Å². The normalized spacial score (nSPS) is 15.8. The SMILES string of the molecule is CS(=O)(=O)c1ccc(-c2ccc3ccc4c(c3c2)CCC(c2cc(F)c(F)cc2F)O4)cc1. The summed E-state index contributed by atoms with van der Waals surface area (Å²) < 4.78 is 70.7. The summed E-state index contributed by atoms with van der Waals surface area (Å²) in [6.45, 7) is 0. The topological polar surface area (TPSA) is 43.4 Å². The lowest BCUT2D eigenvalue weighted by molar-refractivity contribution is 0.172. The minimum Gasteiger partial charge on any atom is -0.485 e. The first kappa shape index (κ1) is 21.5. The van der Waals surface area contributed by atoms with Crippen molar-refractivity contribution in [2.45, 2.75) is 23.8 Å². The van der Waals surface area contributed by atoms with Gasteiger partial charge < -0.3 is 4.74 Å². The largest absolute Gasteiger partial charge is 0.485 e. The molecule has 5 rings (SSSR count). The predicted molar refractivity (Wildman–Crippen MR) is 120 cm³/mol. The van der Waals surface area contributed by atoms with E-state index in [1.165, 1.54) is 6.26 Å². The standard InChI is InChI=1S/C26H19F3O3S/c1-33(30,31)18-7-4-15(5-8-18)17-3-2-16-6-10-25-19(20(16)12-17)9-11-26(32-25)21-13-23(28)24(29)14-22(21)27/h2-8,10,12-14,26H,9,11H2,1H3. The molecule has 0 N–H and O–H groups in total. The van der Waals surface area contributed by atoms with E-state index >= 15 is 0 Å². The first-order valence-corrected chi connectivity index (χ1v) is 12.3. The van der Waals surface area contributed by atoms with Crippen molar-refractivity contribution in [3.05, 3.63) is 95.3 Å². The van der Waals surface area contributed by atoms with Crippen LogP contribution in [-0.4, -0.2) is 14.7 Å². The average molecular weight is 468 g/mol. The van der Waals surface area contributed by atoms with Gasteiger partial charge in [-0.05, 0) is 65.1 Å². The van der Waals surface area contributed by atoms with Crippen LogP contribution in [-0.2, 0) is 16.3 Å². The highest BCUT2D eigenvalue weighted by Gasteiger charge is 2.26. The molecule has 4 aromatic carbocycles. The number of rotatable bonds is 3. The fraction of sp³-hybridized carbons (Fsp3) is 0.154. The maximum absolute atomic E-state index is 14.3. The van der Waals surface area contributed by atoms with Crippen LogP contribution >= 0.6 is 0 Å². The van der Waals surface area contributed by atoms with Gasteiger partial charge in [0, 0.05) is 23.4 Å². The molecule has 1 aliphatic heterocycles. The van der Waals surface area contributed by atoms with Gasteiger partial charge in [0.05, 0.1) is 4.90 Å². The van der Waals surface area contributed by atoms with Gasteiger partial charge in [0.2, 0.25) is 0 Å². The van der Waals surface area contributed by atoms with Crippen molar-refractivity contribution in [1.29, 1.82) is 0 Å². The number of halogens is 3. The van der Waals surface area contributed by atoms with Gasteiger partial charge in [-0.3, -0.25) is 0 Å². The van der Waals surface area contributed by atoms with Crippen molar-refractivity contribution < 1.29 is 26.3 Å². The Morgan fingerprint density at radius 1 is 0.818 bits per heavy atom. The second-order valence-corrected chi connectivity index (χ2v) is 10.2. The van der Waals surface area contributed by atoms with E-state index in [1.54, 1.807) is 24.3 Å². The molecule has 168 valence electrons. The number of sulfone groups is 1. The molecule has 33 heavy (non-hydrogen) atoms. The summed E-state index contributed by atoms with van der Waals surface area (Å²) >= 11 is 0. The van der Waals surface area contributed by atoms with Gasteiger partial charge in [0.25, 0.3) is 0 Å². The molecule has 3 nitrogen and oxygen atoms in total. The maximum atomic E-state index is 14.3. The Kier molecular flexibility index (Phi) is 5.16. The second kappa shape index (κ2) is 7.92. The van der Waals surface area contributed by atoms with E-state index in [0.717, 1.165) is 33.5 Å². The first-order chi connectivity index (χ1) is 15.7. The Hall–Kier alpha value is -3.32. The zero-order chi connectivity index (χ0) is 23.3. The van der Waals surface area contributed by atoms with E-state index in [0.29, 0.717) is 24.7 Å². The van der Waals surface area contributed by atoms with Crippen LogP contribution in [0.4, 0.5) is 13.2 Å². The number of aryl methyl sites for hydroxylation is 1. The van der Waals surface area contributed by atoms with Crippen molar-refractivity contribution in [2.24, 2.45) is 0 Å². The Balaban J connectivity index is 1.51. The van der Waals surface area contributed by atoms with Crippen LogP contribution in [0.25, 0.3) is 21.9 Å². The molecule has 0 fully saturated rings. The third-order valence-electron chi connectivity index (χ3n) is 6.02. The minimum atomic E-state index is -3.27. The van der Waals surface area contributed by atoms with Crippen molar-refractivity contribution in [3.63, 3.8) is 0 Å². The number of benzene rings is 4. The van der Waals surface area contributed by atoms with E-state index in [9.17, 15) is 21.6 Å². The molecule has 0 aliphatic carbocycles. The lowest BCUT2D eigenvalue weighted by Gasteiger charge is -2.28. The van der Waals surface area contributed by atoms with Crippen LogP contribution in [0.5, 0.6) is 5.75 Å². The molecular formula is C26H19F3O3S. The van der Waals surface area contributed by atoms with E-state index in [-0.39, 0.29) is 10.5 Å². The minimum absolute atomic E-state index is 0.000589. The molecule has 0 spiro atoms. The molecule has 0 radical (unpaired) electrons. The lowest BCUT2D eigenvalue weighted by atomic mass is 9.91. The van der Waals surface area contributed by atoms with Crippen LogP contribution < -0.4 is 4.74 Å². The van der Waals surface area contributed by atoms with Gasteiger partial charge in [-0.2, -0.15) is 0 Å². The van der Waals surface area contributed by atoms with Gasteiger partial charge in [-0.1, -0.05) is 30.3 Å². The highest BCUT2D eigenvalue weighted by molar-refractivity contribution is 7.90. The van der Waals surface area contributed by atoms with Crippen LogP contribution in [0.15, 0.2) is 71.6 Å². The third kappa shape index (κ3) is 3.97. The zero-order valence-corrected chi connectivity index (χ0v) is 18.4. The summed E-state index contributed by atoms with van der Waals surface area (Å²) in [6, 6.07) is 17.8. The summed E-state index contributed by atoms with van der Waals surface area (Å²) in [5.41, 5.74) is 2.76. The number of hydrogen-bond donors (Lipinski definition) is 0. The van der Waals surface area contributed by atoms with E-state index in [1.807, 2.05) is 30.3 Å². The molecule has 1 unspecified atom stereocenters. The van der Waals surface area contributed by atoms with Gasteiger partial charge in [0.15, 0.2) is 21.5 Å². The third-order valence-corrected chi connectivity index (χ3v) is 7.15. The predicted octanol–water partition coefficient (Wildman–Crippen LogP) is 6.39. The van der Waals surface area contributed by atoms with Crippen LogP contribution in [0, 0.1) is 17.5 Å². The van der Waals surface area contributed by atoms with Gasteiger partial charge in [-0.25, -0.2) is 21.6 Å². The van der Waals surface area contributed by atoms with Crippen molar-refractivity contribution in [3.8, 4) is 16.9 Å². The molecule has 0 saturated carbocycles. The summed E-state index contributed by atoms with van der Waals surface area (Å²) in [4.78, 5) is 0.258. The molecule has 1 heterocycles. The first-order valence-electron chi connectivity index (χ1n) is 10.4. The zero-order valence-electron chi connectivity index (χ0n) is 17.6. The van der Waals surface area contributed by atoms with Gasteiger partial charge in [0.1, 0.15) is 17.7 Å². The van der Waals surface area contributed by atoms with Crippen LogP contribution in [0.1, 0.15) is 23.7 Å². The molecule has 4 aromatic rings. The average Bonchev–Trinajstić information content (AvgIpc) is 2.80. The fourth-order valence-corrected chi connectivity index (χ4v) is 4.93. The highest BCUT2D eigenvalue weighted by atomic mass is 32.2. The summed E-state index contributed by atoms with van der Waals surface area (Å²) in [6.07, 6.45) is 1.45. The quantitative estimate of drug-likeness (QED) is 0.327. The van der Waals surface area contributed by atoms with Crippen molar-refractivity contribution >= 4 is 20.6 Å². The summed E-state index contributed by atoms with van der Waals surface area (Å²) in [5.74, 6) is -2.59. The van der Waals surface area contributed by atoms with E-state index in [2.05, 4.69) is 0 Å². The Morgan fingerprint density at radius 2 is 1.48 bits per heavy atom. The fourth-order valence-electron chi connectivity index (χ4n) is 4.30. The second-order valence-electron chi connectivity index (χ2n) is 8.21. The van der Waals surface area contributed by atoms with Crippen LogP contribution in [0.2, 0.25) is 0 Å². The van der Waals surface area contributed by atoms with E-state index < -0.39 is 33.4 Å². The molecule has 0 bridgehead atoms. The smallest absolute Gasteiger partial charge is 0.175 e. The molecular weight excluding hydrogens is 449 g/mol.